The third-order valence-corrected chi connectivity index (χ3v) is 3.60. The highest BCUT2D eigenvalue weighted by molar-refractivity contribution is 5.75. The number of ether oxygens (including phenoxy) is 1. The Kier molecular flexibility index (Phi) is 3.63. The van der Waals surface area contributed by atoms with Crippen LogP contribution in [0.15, 0.2) is 77.2 Å². The first kappa shape index (κ1) is 14.3. The lowest BCUT2D eigenvalue weighted by Crippen LogP contribution is -1.91. The third-order valence-electron chi connectivity index (χ3n) is 3.60. The monoisotopic (exact) mass is 316 g/mol. The maximum absolute atomic E-state index is 5.91. The summed E-state index contributed by atoms with van der Waals surface area (Å²) in [6.45, 7) is 2.04. The smallest absolute Gasteiger partial charge is 0.300 e. The van der Waals surface area contributed by atoms with Gasteiger partial charge in [-0.2, -0.15) is 4.98 Å². The van der Waals surface area contributed by atoms with Crippen LogP contribution >= 0.6 is 0 Å². The Morgan fingerprint density at radius 1 is 0.875 bits per heavy atom. The molecule has 0 aliphatic carbocycles. The summed E-state index contributed by atoms with van der Waals surface area (Å²) in [7, 11) is 0. The first-order valence-electron chi connectivity index (χ1n) is 7.73. The van der Waals surface area contributed by atoms with Crippen molar-refractivity contribution in [3.05, 3.63) is 78.4 Å². The van der Waals surface area contributed by atoms with Crippen molar-refractivity contribution in [2.24, 2.45) is 0 Å². The van der Waals surface area contributed by atoms with E-state index >= 15 is 0 Å². The lowest BCUT2D eigenvalue weighted by molar-refractivity contribution is 0.482. The second kappa shape index (κ2) is 6.08. The standard InChI is InChI=1S/C20H16N2O2/c1-14-6-4-8-16(12-14)23-17-9-5-7-15(13-17)21-20-22-18-10-2-3-11-19(18)24-20/h2-13H,1H3,(H,21,22). The third kappa shape index (κ3) is 3.08. The Labute approximate surface area is 139 Å². The summed E-state index contributed by atoms with van der Waals surface area (Å²) < 4.78 is 11.6. The molecule has 0 saturated heterocycles. The zero-order valence-corrected chi connectivity index (χ0v) is 13.2. The van der Waals surface area contributed by atoms with Crippen LogP contribution in [0.2, 0.25) is 0 Å². The fourth-order valence-electron chi connectivity index (χ4n) is 2.50. The fraction of sp³-hybridized carbons (Fsp3) is 0.0500. The lowest BCUT2D eigenvalue weighted by Gasteiger charge is -2.08. The van der Waals surface area contributed by atoms with E-state index in [-0.39, 0.29) is 0 Å². The number of nitrogens with one attached hydrogen (secondary N) is 1. The molecule has 1 N–H and O–H groups in total. The van der Waals surface area contributed by atoms with Gasteiger partial charge in [-0.25, -0.2) is 0 Å². The van der Waals surface area contributed by atoms with Crippen molar-refractivity contribution >= 4 is 22.8 Å². The summed E-state index contributed by atoms with van der Waals surface area (Å²) >= 11 is 0. The molecule has 0 amide bonds. The molecule has 1 aromatic heterocycles. The van der Waals surface area contributed by atoms with Crippen molar-refractivity contribution < 1.29 is 9.15 Å². The highest BCUT2D eigenvalue weighted by Crippen LogP contribution is 2.27. The molecular weight excluding hydrogens is 300 g/mol. The molecule has 24 heavy (non-hydrogen) atoms. The largest absolute Gasteiger partial charge is 0.457 e. The summed E-state index contributed by atoms with van der Waals surface area (Å²) in [4.78, 5) is 4.41. The van der Waals surface area contributed by atoms with Crippen molar-refractivity contribution in [1.29, 1.82) is 0 Å². The fourth-order valence-corrected chi connectivity index (χ4v) is 2.50. The minimum absolute atomic E-state index is 0.462. The van der Waals surface area contributed by atoms with Gasteiger partial charge in [-0.1, -0.05) is 30.3 Å². The van der Waals surface area contributed by atoms with Crippen LogP contribution < -0.4 is 10.1 Å². The van der Waals surface area contributed by atoms with Gasteiger partial charge in [0.05, 0.1) is 0 Å². The second-order valence-corrected chi connectivity index (χ2v) is 5.56. The summed E-state index contributed by atoms with van der Waals surface area (Å²) in [6, 6.07) is 23.8. The van der Waals surface area contributed by atoms with E-state index in [4.69, 9.17) is 9.15 Å². The van der Waals surface area contributed by atoms with E-state index < -0.39 is 0 Å². The summed E-state index contributed by atoms with van der Waals surface area (Å²) in [5.41, 5.74) is 3.60. The Balaban J connectivity index is 1.56. The lowest BCUT2D eigenvalue weighted by atomic mass is 10.2. The van der Waals surface area contributed by atoms with Crippen LogP contribution in [0.5, 0.6) is 11.5 Å². The van der Waals surface area contributed by atoms with Gasteiger partial charge in [0.25, 0.3) is 6.01 Å². The van der Waals surface area contributed by atoms with Gasteiger partial charge in [-0.05, 0) is 48.9 Å². The van der Waals surface area contributed by atoms with E-state index in [1.165, 1.54) is 0 Å². The highest BCUT2D eigenvalue weighted by Gasteiger charge is 2.06. The van der Waals surface area contributed by atoms with Crippen molar-refractivity contribution in [2.75, 3.05) is 5.32 Å². The van der Waals surface area contributed by atoms with E-state index in [1.807, 2.05) is 79.7 Å². The maximum Gasteiger partial charge on any atom is 0.300 e. The molecule has 4 heteroatoms. The normalized spacial score (nSPS) is 10.7. The van der Waals surface area contributed by atoms with Gasteiger partial charge in [-0.3, -0.25) is 0 Å². The first-order valence-corrected chi connectivity index (χ1v) is 7.73. The minimum atomic E-state index is 0.462. The SMILES string of the molecule is Cc1cccc(Oc2cccc(Nc3nc4ccccc4o3)c2)c1. The van der Waals surface area contributed by atoms with Crippen LogP contribution in [0, 0.1) is 6.92 Å². The quantitative estimate of drug-likeness (QED) is 0.527. The zero-order chi connectivity index (χ0) is 16.4. The average molecular weight is 316 g/mol. The van der Waals surface area contributed by atoms with Gasteiger partial charge in [-0.15, -0.1) is 0 Å². The summed E-state index contributed by atoms with van der Waals surface area (Å²) in [5, 5.41) is 3.17. The molecule has 0 radical (unpaired) electrons. The number of hydrogen-bond acceptors (Lipinski definition) is 4. The van der Waals surface area contributed by atoms with Crippen molar-refractivity contribution in [3.8, 4) is 11.5 Å². The molecule has 0 saturated carbocycles. The predicted octanol–water partition coefficient (Wildman–Crippen LogP) is 5.67. The topological polar surface area (TPSA) is 47.3 Å². The molecule has 0 aliphatic rings. The van der Waals surface area contributed by atoms with E-state index in [9.17, 15) is 0 Å². The highest BCUT2D eigenvalue weighted by atomic mass is 16.5. The van der Waals surface area contributed by atoms with Crippen LogP contribution in [0.1, 0.15) is 5.56 Å². The zero-order valence-electron chi connectivity index (χ0n) is 13.2. The van der Waals surface area contributed by atoms with Gasteiger partial charge in [0.15, 0.2) is 5.58 Å². The number of nitrogens with zero attached hydrogens (tertiary/aromatic N) is 1. The molecule has 118 valence electrons. The molecule has 0 unspecified atom stereocenters. The Hall–Kier alpha value is -3.27. The number of anilines is 2. The molecule has 0 bridgehead atoms. The first-order chi connectivity index (χ1) is 11.8. The number of fused-ring (bicyclic) bond motifs is 1. The Morgan fingerprint density at radius 2 is 1.67 bits per heavy atom. The van der Waals surface area contributed by atoms with Crippen molar-refractivity contribution in [1.82, 2.24) is 4.98 Å². The van der Waals surface area contributed by atoms with Gasteiger partial charge in [0.1, 0.15) is 17.0 Å². The molecule has 4 nitrogen and oxygen atoms in total. The van der Waals surface area contributed by atoms with Crippen molar-refractivity contribution in [2.45, 2.75) is 6.92 Å². The van der Waals surface area contributed by atoms with E-state index in [0.29, 0.717) is 6.01 Å². The molecule has 0 atom stereocenters. The second-order valence-electron chi connectivity index (χ2n) is 5.56. The van der Waals surface area contributed by atoms with Crippen LogP contribution in [-0.2, 0) is 0 Å². The predicted molar refractivity (Wildman–Crippen MR) is 95.0 cm³/mol. The van der Waals surface area contributed by atoms with Crippen LogP contribution in [-0.4, -0.2) is 4.98 Å². The molecule has 0 spiro atoms. The van der Waals surface area contributed by atoms with E-state index in [0.717, 1.165) is 33.8 Å². The van der Waals surface area contributed by atoms with Gasteiger partial charge < -0.3 is 14.5 Å². The van der Waals surface area contributed by atoms with Gasteiger partial charge in [0, 0.05) is 11.8 Å². The van der Waals surface area contributed by atoms with E-state index in [1.54, 1.807) is 0 Å². The van der Waals surface area contributed by atoms with Crippen LogP contribution in [0.25, 0.3) is 11.1 Å². The number of benzene rings is 3. The number of aryl methyl sites for hydroxylation is 1. The molecule has 1 heterocycles. The summed E-state index contributed by atoms with van der Waals surface area (Å²) in [5.74, 6) is 1.57. The number of para-hydroxylation sites is 2. The van der Waals surface area contributed by atoms with E-state index in [2.05, 4.69) is 10.3 Å². The van der Waals surface area contributed by atoms with Crippen LogP contribution in [0.3, 0.4) is 0 Å². The molecule has 3 aromatic carbocycles. The maximum atomic E-state index is 5.91. The number of hydrogen-bond donors (Lipinski definition) is 1. The summed E-state index contributed by atoms with van der Waals surface area (Å²) in [6.07, 6.45) is 0. The van der Waals surface area contributed by atoms with Gasteiger partial charge in [0.2, 0.25) is 0 Å². The molecule has 4 aromatic rings. The molecule has 4 rings (SSSR count). The van der Waals surface area contributed by atoms with Gasteiger partial charge >= 0.3 is 0 Å². The van der Waals surface area contributed by atoms with Crippen molar-refractivity contribution in [3.63, 3.8) is 0 Å². The number of oxazole rings is 1. The molecular formula is C20H16N2O2. The number of rotatable bonds is 4. The molecule has 0 aliphatic heterocycles. The Bertz CT molecular complexity index is 959. The minimum Gasteiger partial charge on any atom is -0.457 e. The van der Waals surface area contributed by atoms with Crippen LogP contribution in [0.4, 0.5) is 11.7 Å². The molecule has 0 fully saturated rings. The average Bonchev–Trinajstić information content (AvgIpc) is 2.97. The number of aromatic nitrogens is 1. The Morgan fingerprint density at radius 3 is 2.50 bits per heavy atom.